The van der Waals surface area contributed by atoms with E-state index in [2.05, 4.69) is 22.5 Å². The van der Waals surface area contributed by atoms with Crippen LogP contribution in [0.1, 0.15) is 62.7 Å². The van der Waals surface area contributed by atoms with E-state index in [9.17, 15) is 29.7 Å². The lowest BCUT2D eigenvalue weighted by molar-refractivity contribution is -0.190. The smallest absolute Gasteiger partial charge is 0.251 e. The fourth-order valence-electron chi connectivity index (χ4n) is 8.39. The maximum Gasteiger partial charge on any atom is 0.251 e. The summed E-state index contributed by atoms with van der Waals surface area (Å²) in [6.45, 7) is 3.15. The molecule has 3 fully saturated rings. The third-order valence-corrected chi connectivity index (χ3v) is 10.5. The monoisotopic (exact) mass is 523 g/mol. The van der Waals surface area contributed by atoms with Crippen LogP contribution in [-0.2, 0) is 9.59 Å². The molecule has 4 aliphatic rings. The predicted octanol–water partition coefficient (Wildman–Crippen LogP) is 2.90. The topological polar surface area (TPSA) is 149 Å². The van der Waals surface area contributed by atoms with Crippen LogP contribution in [0.25, 0.3) is 0 Å². The largest absolute Gasteiger partial charge is 0.390 e. The molecule has 0 saturated heterocycles. The molecule has 1 amide bonds. The Morgan fingerprint density at radius 2 is 1.82 bits per heavy atom. The lowest BCUT2D eigenvalue weighted by Gasteiger charge is -2.62. The minimum atomic E-state index is -1.84. The number of ketones is 2. The number of aliphatic hydroxyl groups is 3. The van der Waals surface area contributed by atoms with Crippen molar-refractivity contribution in [2.24, 2.45) is 38.8 Å². The fourth-order valence-corrected chi connectivity index (χ4v) is 8.39. The number of amides is 1. The van der Waals surface area contributed by atoms with Gasteiger partial charge < -0.3 is 20.6 Å². The highest BCUT2D eigenvalue weighted by molar-refractivity contribution is 5.94. The molecule has 1 unspecified atom stereocenters. The van der Waals surface area contributed by atoms with Crippen LogP contribution in [-0.4, -0.2) is 64.2 Å². The van der Waals surface area contributed by atoms with Gasteiger partial charge in [-0.15, -0.1) is 0 Å². The second-order valence-electron chi connectivity index (χ2n) is 11.9. The van der Waals surface area contributed by atoms with Crippen molar-refractivity contribution in [3.8, 4) is 0 Å². The van der Waals surface area contributed by atoms with Crippen LogP contribution in [0.3, 0.4) is 0 Å². The Hall–Kier alpha value is -2.75. The zero-order valence-corrected chi connectivity index (χ0v) is 22.2. The molecule has 204 valence electrons. The van der Waals surface area contributed by atoms with E-state index in [4.69, 9.17) is 0 Å². The lowest BCUT2D eigenvalue weighted by Crippen LogP contribution is -2.68. The number of azo groups is 1. The molecule has 0 bridgehead atoms. The third-order valence-electron chi connectivity index (χ3n) is 10.5. The maximum atomic E-state index is 13.0. The van der Waals surface area contributed by atoms with Crippen LogP contribution < -0.4 is 5.32 Å². The van der Waals surface area contributed by atoms with Gasteiger partial charge in [0.15, 0.2) is 11.6 Å². The average Bonchev–Trinajstić information content (AvgIpc) is 3.19. The number of nitrogens with one attached hydrogen (secondary N) is 1. The van der Waals surface area contributed by atoms with E-state index in [1.165, 1.54) is 0 Å². The van der Waals surface area contributed by atoms with Crippen molar-refractivity contribution in [2.45, 2.75) is 70.1 Å². The standard InChI is InChI=1S/C29H37N3O6/c1-27-12-10-19(34)14-17(27)6-9-20-21-11-13-29(38,22(35)15-33)28(21,2)25(24(36)23(20)27)32-31-18-7-4-16(5-8-18)26(37)30-3/h4-5,7-8,14,20-21,23-25,33,36,38H,6,9-13,15H2,1-3H3,(H,30,37)/t20-,21-,23+,24+,25?,27-,28+,29-/m0/s1. The van der Waals surface area contributed by atoms with Crippen molar-refractivity contribution < 1.29 is 29.7 Å². The van der Waals surface area contributed by atoms with Crippen LogP contribution in [0.5, 0.6) is 0 Å². The number of benzene rings is 1. The normalized spacial score (nSPS) is 40.2. The van der Waals surface area contributed by atoms with E-state index < -0.39 is 35.6 Å². The number of hydrogen-bond acceptors (Lipinski definition) is 8. The Balaban J connectivity index is 1.59. The van der Waals surface area contributed by atoms with E-state index in [0.29, 0.717) is 30.5 Å². The fraction of sp³-hybridized carbons (Fsp3) is 0.621. The van der Waals surface area contributed by atoms with Gasteiger partial charge in [-0.2, -0.15) is 10.2 Å². The number of allylic oxidation sites excluding steroid dienone is 1. The predicted molar refractivity (Wildman–Crippen MR) is 139 cm³/mol. The zero-order chi connectivity index (χ0) is 27.5. The molecular weight excluding hydrogens is 486 g/mol. The Kier molecular flexibility index (Phi) is 6.69. The first-order chi connectivity index (χ1) is 18.0. The summed E-state index contributed by atoms with van der Waals surface area (Å²) < 4.78 is 0. The van der Waals surface area contributed by atoms with E-state index in [0.717, 1.165) is 18.4 Å². The molecule has 0 aromatic heterocycles. The summed E-state index contributed by atoms with van der Waals surface area (Å²) in [5, 5.41) is 45.3. The summed E-state index contributed by atoms with van der Waals surface area (Å²) in [4.78, 5) is 37.1. The van der Waals surface area contributed by atoms with Crippen molar-refractivity contribution in [3.05, 3.63) is 41.5 Å². The second kappa shape index (κ2) is 9.47. The first-order valence-electron chi connectivity index (χ1n) is 13.5. The third kappa shape index (κ3) is 3.73. The van der Waals surface area contributed by atoms with Crippen molar-refractivity contribution in [1.82, 2.24) is 5.32 Å². The molecule has 38 heavy (non-hydrogen) atoms. The summed E-state index contributed by atoms with van der Waals surface area (Å²) in [6.07, 6.45) is 4.07. The number of carbonyl (C=O) groups is 3. The summed E-state index contributed by atoms with van der Waals surface area (Å²) in [7, 11) is 1.55. The van der Waals surface area contributed by atoms with E-state index in [-0.39, 0.29) is 41.3 Å². The van der Waals surface area contributed by atoms with Gasteiger partial charge in [-0.3, -0.25) is 14.4 Å². The molecule has 5 rings (SSSR count). The van der Waals surface area contributed by atoms with Gasteiger partial charge in [0, 0.05) is 24.4 Å². The molecular formula is C29H37N3O6. The minimum Gasteiger partial charge on any atom is -0.390 e. The molecule has 0 spiro atoms. The number of nitrogens with zero attached hydrogens (tertiary/aromatic N) is 2. The minimum absolute atomic E-state index is 0.0316. The molecule has 0 heterocycles. The molecule has 8 atom stereocenters. The summed E-state index contributed by atoms with van der Waals surface area (Å²) >= 11 is 0. The number of aliphatic hydroxyl groups excluding tert-OH is 2. The summed E-state index contributed by atoms with van der Waals surface area (Å²) in [6, 6.07) is 5.65. The number of carbonyl (C=O) groups excluding carboxylic acids is 3. The molecule has 0 aliphatic heterocycles. The number of hydrogen-bond donors (Lipinski definition) is 4. The van der Waals surface area contributed by atoms with Gasteiger partial charge >= 0.3 is 0 Å². The lowest BCUT2D eigenvalue weighted by atomic mass is 9.44. The molecule has 3 saturated carbocycles. The highest BCUT2D eigenvalue weighted by Crippen LogP contribution is 2.68. The van der Waals surface area contributed by atoms with E-state index in [1.807, 2.05) is 6.92 Å². The van der Waals surface area contributed by atoms with Crippen molar-refractivity contribution >= 4 is 23.2 Å². The first-order valence-corrected chi connectivity index (χ1v) is 13.5. The van der Waals surface area contributed by atoms with Gasteiger partial charge in [0.25, 0.3) is 5.91 Å². The van der Waals surface area contributed by atoms with Crippen LogP contribution in [0.15, 0.2) is 46.1 Å². The number of Topliss-reactive ketones (excluding diaryl/α,β-unsaturated/α-hetero) is 1. The molecule has 4 N–H and O–H groups in total. The maximum absolute atomic E-state index is 13.0. The molecule has 1 aromatic rings. The molecule has 0 radical (unpaired) electrons. The first kappa shape index (κ1) is 26.8. The molecule has 9 nitrogen and oxygen atoms in total. The average molecular weight is 524 g/mol. The van der Waals surface area contributed by atoms with E-state index >= 15 is 0 Å². The Morgan fingerprint density at radius 1 is 1.11 bits per heavy atom. The van der Waals surface area contributed by atoms with Crippen LogP contribution in [0, 0.1) is 28.6 Å². The Morgan fingerprint density at radius 3 is 2.47 bits per heavy atom. The van der Waals surface area contributed by atoms with E-state index in [1.54, 1.807) is 37.4 Å². The number of fused-ring (bicyclic) bond motifs is 5. The SMILES string of the molecule is CNC(=O)c1ccc(N=NC2[C@H](O)[C@H]3[C@@H](CCC4=CC(=O)CC[C@@]43C)[C@@H]3CC[C@](O)(C(=O)CO)[C@@]23C)cc1. The van der Waals surface area contributed by atoms with Crippen molar-refractivity contribution in [1.29, 1.82) is 0 Å². The number of rotatable bonds is 5. The quantitative estimate of drug-likeness (QED) is 0.436. The summed E-state index contributed by atoms with van der Waals surface area (Å²) in [5.74, 6) is -1.06. The van der Waals surface area contributed by atoms with Crippen LogP contribution in [0.2, 0.25) is 0 Å². The second-order valence-corrected chi connectivity index (χ2v) is 11.9. The van der Waals surface area contributed by atoms with Crippen molar-refractivity contribution in [2.75, 3.05) is 13.7 Å². The summed E-state index contributed by atoms with van der Waals surface area (Å²) in [5.41, 5.74) is -1.36. The van der Waals surface area contributed by atoms with Gasteiger partial charge in [0.1, 0.15) is 18.2 Å². The molecule has 4 aliphatic carbocycles. The van der Waals surface area contributed by atoms with Crippen LogP contribution >= 0.6 is 0 Å². The Labute approximate surface area is 222 Å². The van der Waals surface area contributed by atoms with Crippen LogP contribution in [0.4, 0.5) is 5.69 Å². The highest BCUT2D eigenvalue weighted by atomic mass is 16.3. The van der Waals surface area contributed by atoms with Gasteiger partial charge in [0.05, 0.1) is 11.8 Å². The van der Waals surface area contributed by atoms with Crippen molar-refractivity contribution in [3.63, 3.8) is 0 Å². The molecule has 1 aromatic carbocycles. The van der Waals surface area contributed by atoms with Gasteiger partial charge in [-0.1, -0.05) is 19.4 Å². The van der Waals surface area contributed by atoms with Gasteiger partial charge in [-0.25, -0.2) is 0 Å². The zero-order valence-electron chi connectivity index (χ0n) is 22.2. The van der Waals surface area contributed by atoms with Gasteiger partial charge in [-0.05, 0) is 85.6 Å². The highest BCUT2D eigenvalue weighted by Gasteiger charge is 2.72. The molecule has 9 heteroatoms. The van der Waals surface area contributed by atoms with Gasteiger partial charge in [0.2, 0.25) is 0 Å². The Bertz CT molecular complexity index is 1210.